The average Bonchev–Trinajstić information content (AvgIpc) is 3.17. The van der Waals surface area contributed by atoms with Gasteiger partial charge in [0.25, 0.3) is 0 Å². The Labute approximate surface area is 229 Å². The first-order valence-corrected chi connectivity index (χ1v) is 14.0. The number of fused-ring (bicyclic) bond motifs is 1. The zero-order valence-electron chi connectivity index (χ0n) is 23.4. The Hall–Kier alpha value is -3.10. The Morgan fingerprint density at radius 2 is 1.87 bits per heavy atom. The Balaban J connectivity index is 1.98. The molecule has 7 nitrogen and oxygen atoms in total. The highest BCUT2D eigenvalue weighted by Crippen LogP contribution is 2.48. The molecule has 4 rings (SSSR count). The maximum absolute atomic E-state index is 13.7. The monoisotopic (exact) mass is 534 g/mol. The molecule has 38 heavy (non-hydrogen) atoms. The van der Waals surface area contributed by atoms with Gasteiger partial charge in [0.2, 0.25) is 11.8 Å². The molecule has 2 heterocycles. The maximum Gasteiger partial charge on any atom is 0.240 e. The van der Waals surface area contributed by atoms with Gasteiger partial charge in [0.1, 0.15) is 12.4 Å². The summed E-state index contributed by atoms with van der Waals surface area (Å²) in [5.74, 6) is 0.589. The smallest absolute Gasteiger partial charge is 0.240 e. The molecule has 2 aromatic carbocycles. The van der Waals surface area contributed by atoms with Crippen molar-refractivity contribution in [3.05, 3.63) is 76.0 Å². The third kappa shape index (κ3) is 5.81. The summed E-state index contributed by atoms with van der Waals surface area (Å²) in [5.41, 5.74) is 7.01. The van der Waals surface area contributed by atoms with Gasteiger partial charge < -0.3 is 10.1 Å². The second kappa shape index (κ2) is 11.3. The number of carbonyl (C=O) groups is 2. The van der Waals surface area contributed by atoms with Gasteiger partial charge in [0.05, 0.1) is 29.0 Å². The average molecular weight is 535 g/mol. The van der Waals surface area contributed by atoms with Crippen LogP contribution in [0.2, 0.25) is 0 Å². The zero-order valence-corrected chi connectivity index (χ0v) is 24.2. The summed E-state index contributed by atoms with van der Waals surface area (Å²) in [6, 6.07) is 14.7. The van der Waals surface area contributed by atoms with Gasteiger partial charge in [-0.2, -0.15) is 5.10 Å². The molecule has 0 radical (unpaired) electrons. The number of thioether (sulfide) groups is 1. The minimum Gasteiger partial charge on any atom is -0.383 e. The number of aromatic nitrogens is 2. The third-order valence-electron chi connectivity index (χ3n) is 6.65. The van der Waals surface area contributed by atoms with Gasteiger partial charge in [-0.05, 0) is 38.0 Å². The summed E-state index contributed by atoms with van der Waals surface area (Å²) >= 11 is 1.60. The van der Waals surface area contributed by atoms with Crippen molar-refractivity contribution in [1.82, 2.24) is 15.1 Å². The molecular weight excluding hydrogens is 496 g/mol. The summed E-state index contributed by atoms with van der Waals surface area (Å²) in [6.07, 6.45) is 0. The minimum absolute atomic E-state index is 0.0865. The van der Waals surface area contributed by atoms with E-state index in [0.717, 1.165) is 39.2 Å². The maximum atomic E-state index is 13.7. The molecule has 1 N–H and O–H groups in total. The number of anilines is 1. The van der Waals surface area contributed by atoms with Gasteiger partial charge in [0.15, 0.2) is 0 Å². The van der Waals surface area contributed by atoms with Crippen LogP contribution in [-0.2, 0) is 19.7 Å². The summed E-state index contributed by atoms with van der Waals surface area (Å²) in [4.78, 5) is 28.4. The number of ether oxygens (including phenoxy) is 1. The Morgan fingerprint density at radius 1 is 1.13 bits per heavy atom. The molecule has 0 aliphatic carbocycles. The molecule has 0 spiro atoms. The van der Waals surface area contributed by atoms with E-state index in [1.807, 2.05) is 10.7 Å². The number of benzene rings is 2. The molecule has 0 saturated heterocycles. The minimum atomic E-state index is -0.295. The number of nitrogens with one attached hydrogen (secondary N) is 1. The second-order valence-electron chi connectivity index (χ2n) is 11.0. The zero-order chi connectivity index (χ0) is 27.6. The van der Waals surface area contributed by atoms with E-state index in [2.05, 4.69) is 83.3 Å². The molecule has 1 unspecified atom stereocenters. The number of hydrogen-bond acceptors (Lipinski definition) is 5. The largest absolute Gasteiger partial charge is 0.383 e. The number of nitrogens with zero attached hydrogens (tertiary/aromatic N) is 3. The summed E-state index contributed by atoms with van der Waals surface area (Å²) in [5, 5.41) is 7.96. The van der Waals surface area contributed by atoms with Gasteiger partial charge in [-0.1, -0.05) is 68.3 Å². The van der Waals surface area contributed by atoms with Gasteiger partial charge in [0, 0.05) is 24.6 Å². The van der Waals surface area contributed by atoms with E-state index in [1.54, 1.807) is 23.8 Å². The standard InChI is InChI=1S/C30H38N4O3S/c1-19-9-8-10-22(16-19)27-26-28(30(4,5)6)32-34(23-12-11-20(2)15-21(23)3)29(26)33(25(36)18-38-27)17-24(35)31-13-14-37-7/h8-12,15-16,27H,13-14,17-18H2,1-7H3,(H,31,35). The van der Waals surface area contributed by atoms with Crippen molar-refractivity contribution in [3.8, 4) is 5.69 Å². The third-order valence-corrected chi connectivity index (χ3v) is 7.91. The molecule has 2 amide bonds. The van der Waals surface area contributed by atoms with Crippen molar-refractivity contribution in [2.24, 2.45) is 0 Å². The van der Waals surface area contributed by atoms with Crippen LogP contribution in [-0.4, -0.2) is 54.2 Å². The van der Waals surface area contributed by atoms with Crippen LogP contribution in [0.5, 0.6) is 0 Å². The molecule has 1 aliphatic heterocycles. The van der Waals surface area contributed by atoms with Crippen molar-refractivity contribution in [2.45, 2.75) is 52.2 Å². The molecule has 8 heteroatoms. The van der Waals surface area contributed by atoms with Crippen molar-refractivity contribution in [1.29, 1.82) is 0 Å². The SMILES string of the molecule is COCCNC(=O)CN1C(=O)CSC(c2cccc(C)c2)c2c(C(C)(C)C)nn(-c3ccc(C)cc3C)c21. The van der Waals surface area contributed by atoms with E-state index < -0.39 is 0 Å². The molecular formula is C30H38N4O3S. The number of hydrogen-bond donors (Lipinski definition) is 1. The summed E-state index contributed by atoms with van der Waals surface area (Å²) < 4.78 is 6.97. The predicted molar refractivity (Wildman–Crippen MR) is 154 cm³/mol. The predicted octanol–water partition coefficient (Wildman–Crippen LogP) is 5.03. The lowest BCUT2D eigenvalue weighted by Crippen LogP contribution is -2.43. The number of methoxy groups -OCH3 is 1. The molecule has 0 bridgehead atoms. The molecule has 3 aromatic rings. The van der Waals surface area contributed by atoms with Crippen molar-refractivity contribution >= 4 is 29.4 Å². The second-order valence-corrected chi connectivity index (χ2v) is 12.1. The Kier molecular flexibility index (Phi) is 8.33. The first-order chi connectivity index (χ1) is 18.0. The van der Waals surface area contributed by atoms with Gasteiger partial charge in [-0.15, -0.1) is 11.8 Å². The molecule has 1 aromatic heterocycles. The highest BCUT2D eigenvalue weighted by molar-refractivity contribution is 8.00. The van der Waals surface area contributed by atoms with Crippen molar-refractivity contribution in [2.75, 3.05) is 37.5 Å². The van der Waals surface area contributed by atoms with E-state index in [1.165, 1.54) is 0 Å². The molecule has 0 fully saturated rings. The summed E-state index contributed by atoms with van der Waals surface area (Å²) in [7, 11) is 1.59. The molecule has 1 aliphatic rings. The Morgan fingerprint density at radius 3 is 2.53 bits per heavy atom. The van der Waals surface area contributed by atoms with Crippen LogP contribution >= 0.6 is 11.8 Å². The lowest BCUT2D eigenvalue weighted by Gasteiger charge is -2.25. The summed E-state index contributed by atoms with van der Waals surface area (Å²) in [6.45, 7) is 13.3. The number of rotatable bonds is 7. The van der Waals surface area contributed by atoms with E-state index in [9.17, 15) is 9.59 Å². The van der Waals surface area contributed by atoms with Gasteiger partial charge in [-0.3, -0.25) is 14.5 Å². The van der Waals surface area contributed by atoms with Crippen molar-refractivity contribution < 1.29 is 14.3 Å². The van der Waals surface area contributed by atoms with Crippen LogP contribution in [0.15, 0.2) is 42.5 Å². The van der Waals surface area contributed by atoms with E-state index in [-0.39, 0.29) is 34.8 Å². The fourth-order valence-corrected chi connectivity index (χ4v) is 6.06. The number of amides is 2. The lowest BCUT2D eigenvalue weighted by molar-refractivity contribution is -0.123. The number of carbonyl (C=O) groups excluding carboxylic acids is 2. The van der Waals surface area contributed by atoms with Crippen LogP contribution in [0.3, 0.4) is 0 Å². The van der Waals surface area contributed by atoms with E-state index >= 15 is 0 Å². The first-order valence-electron chi connectivity index (χ1n) is 13.0. The quantitative estimate of drug-likeness (QED) is 0.431. The normalized spacial score (nSPS) is 15.8. The van der Waals surface area contributed by atoms with Crippen LogP contribution in [0.1, 0.15) is 59.5 Å². The first kappa shape index (κ1) is 27.9. The van der Waals surface area contributed by atoms with Gasteiger partial charge >= 0.3 is 0 Å². The van der Waals surface area contributed by atoms with Crippen LogP contribution in [0.4, 0.5) is 5.82 Å². The molecule has 1 atom stereocenters. The molecule has 0 saturated carbocycles. The highest BCUT2D eigenvalue weighted by Gasteiger charge is 2.40. The topological polar surface area (TPSA) is 76.5 Å². The van der Waals surface area contributed by atoms with Crippen LogP contribution in [0, 0.1) is 20.8 Å². The lowest BCUT2D eigenvalue weighted by atomic mass is 9.87. The van der Waals surface area contributed by atoms with Crippen molar-refractivity contribution in [3.63, 3.8) is 0 Å². The Bertz CT molecular complexity index is 1340. The van der Waals surface area contributed by atoms with Crippen LogP contribution < -0.4 is 10.2 Å². The van der Waals surface area contributed by atoms with Crippen LogP contribution in [0.25, 0.3) is 5.69 Å². The fraction of sp³-hybridized carbons (Fsp3) is 0.433. The highest BCUT2D eigenvalue weighted by atomic mass is 32.2. The molecule has 202 valence electrons. The fourth-order valence-electron chi connectivity index (χ4n) is 4.87. The van der Waals surface area contributed by atoms with E-state index in [0.29, 0.717) is 19.0 Å². The van der Waals surface area contributed by atoms with Gasteiger partial charge in [-0.25, -0.2) is 4.68 Å². The number of aryl methyl sites for hydroxylation is 3. The van der Waals surface area contributed by atoms with E-state index in [4.69, 9.17) is 9.84 Å².